The molecule has 1 aliphatic rings. The molecule has 1 rings (SSSR count). The maximum atomic E-state index is 11.6. The Labute approximate surface area is 152 Å². The van der Waals surface area contributed by atoms with Gasteiger partial charge in [0.15, 0.2) is 18.3 Å². The first kappa shape index (κ1) is 21.9. The van der Waals surface area contributed by atoms with Crippen molar-refractivity contribution in [2.45, 2.75) is 72.1 Å². The highest BCUT2D eigenvalue weighted by atomic mass is 16.7. The molecule has 26 heavy (non-hydrogen) atoms. The van der Waals surface area contributed by atoms with Gasteiger partial charge in [-0.15, -0.1) is 0 Å². The van der Waals surface area contributed by atoms with Gasteiger partial charge in [-0.05, 0) is 5.92 Å². The quantitative estimate of drug-likeness (QED) is 0.491. The van der Waals surface area contributed by atoms with Gasteiger partial charge in [-0.2, -0.15) is 0 Å². The summed E-state index contributed by atoms with van der Waals surface area (Å²) in [6.07, 6.45) is -4.71. The van der Waals surface area contributed by atoms with Gasteiger partial charge in [0, 0.05) is 27.7 Å². The maximum Gasteiger partial charge on any atom is 0.303 e. The van der Waals surface area contributed by atoms with E-state index in [1.807, 2.05) is 13.8 Å². The fourth-order valence-electron chi connectivity index (χ4n) is 2.80. The zero-order valence-electron chi connectivity index (χ0n) is 15.8. The van der Waals surface area contributed by atoms with Crippen molar-refractivity contribution in [1.29, 1.82) is 0 Å². The third-order valence-corrected chi connectivity index (χ3v) is 3.68. The molecule has 148 valence electrons. The Morgan fingerprint density at radius 3 is 1.65 bits per heavy atom. The summed E-state index contributed by atoms with van der Waals surface area (Å²) in [5, 5.41) is 0. The molecule has 0 amide bonds. The van der Waals surface area contributed by atoms with Crippen LogP contribution in [-0.2, 0) is 42.9 Å². The number of carbonyl (C=O) groups excluding carboxylic acids is 4. The summed E-state index contributed by atoms with van der Waals surface area (Å²) < 4.78 is 26.8. The third-order valence-electron chi connectivity index (χ3n) is 3.68. The van der Waals surface area contributed by atoms with E-state index in [0.29, 0.717) is 0 Å². The SMILES string of the molecule is CC(=O)OCC1OC(C(C)C)[C@H](OC(C)=O)[C@@H](OC(C)=O)[C@H]1OC(C)=O. The lowest BCUT2D eigenvalue weighted by Crippen LogP contribution is -2.63. The van der Waals surface area contributed by atoms with E-state index in [9.17, 15) is 19.2 Å². The van der Waals surface area contributed by atoms with Crippen LogP contribution in [0.3, 0.4) is 0 Å². The lowest BCUT2D eigenvalue weighted by Gasteiger charge is -2.45. The summed E-state index contributed by atoms with van der Waals surface area (Å²) >= 11 is 0. The molecule has 1 heterocycles. The second-order valence-corrected chi connectivity index (χ2v) is 6.41. The summed E-state index contributed by atoms with van der Waals surface area (Å²) in [6.45, 7) is 8.28. The molecule has 1 saturated heterocycles. The summed E-state index contributed by atoms with van der Waals surface area (Å²) in [5.41, 5.74) is 0. The number of rotatable bonds is 6. The van der Waals surface area contributed by atoms with Crippen LogP contribution in [0, 0.1) is 5.92 Å². The first-order chi connectivity index (χ1) is 12.0. The summed E-state index contributed by atoms with van der Waals surface area (Å²) in [4.78, 5) is 45.8. The molecule has 0 aromatic heterocycles. The van der Waals surface area contributed by atoms with Crippen molar-refractivity contribution < 1.29 is 42.9 Å². The second kappa shape index (κ2) is 9.51. The molecule has 0 N–H and O–H groups in total. The van der Waals surface area contributed by atoms with Crippen LogP contribution < -0.4 is 0 Å². The van der Waals surface area contributed by atoms with Crippen LogP contribution in [0.15, 0.2) is 0 Å². The summed E-state index contributed by atoms with van der Waals surface area (Å²) in [5.74, 6) is -2.55. The average molecular weight is 374 g/mol. The molecule has 0 bridgehead atoms. The zero-order chi connectivity index (χ0) is 20.0. The summed E-state index contributed by atoms with van der Waals surface area (Å²) in [7, 11) is 0. The van der Waals surface area contributed by atoms with Crippen LogP contribution in [0.2, 0.25) is 0 Å². The van der Waals surface area contributed by atoms with E-state index in [1.54, 1.807) is 0 Å². The Morgan fingerprint density at radius 1 is 0.769 bits per heavy atom. The lowest BCUT2D eigenvalue weighted by molar-refractivity contribution is -0.258. The predicted molar refractivity (Wildman–Crippen MR) is 86.8 cm³/mol. The minimum Gasteiger partial charge on any atom is -0.463 e. The molecular formula is C17H26O9. The van der Waals surface area contributed by atoms with Crippen molar-refractivity contribution in [1.82, 2.24) is 0 Å². The third kappa shape index (κ3) is 6.29. The van der Waals surface area contributed by atoms with Gasteiger partial charge in [0.05, 0.1) is 0 Å². The van der Waals surface area contributed by atoms with Crippen LogP contribution in [0.4, 0.5) is 0 Å². The number of ether oxygens (including phenoxy) is 5. The molecule has 0 saturated carbocycles. The molecule has 2 unspecified atom stereocenters. The van der Waals surface area contributed by atoms with Crippen LogP contribution >= 0.6 is 0 Å². The maximum absolute atomic E-state index is 11.6. The van der Waals surface area contributed by atoms with E-state index in [4.69, 9.17) is 23.7 Å². The van der Waals surface area contributed by atoms with E-state index < -0.39 is 54.4 Å². The fraction of sp³-hybridized carbons (Fsp3) is 0.765. The standard InChI is InChI=1S/C17H26O9/c1-8(2)14-16(24-11(5)20)17(25-12(6)21)15(23-10(4)19)13(26-14)7-22-9(3)18/h8,13-17H,7H2,1-6H3/t13?,14?,15-,16-,17-/m0/s1. The molecule has 0 radical (unpaired) electrons. The number of hydrogen-bond acceptors (Lipinski definition) is 9. The van der Waals surface area contributed by atoms with Crippen LogP contribution in [0.25, 0.3) is 0 Å². The molecule has 0 aromatic rings. The van der Waals surface area contributed by atoms with Crippen molar-refractivity contribution in [3.63, 3.8) is 0 Å². The van der Waals surface area contributed by atoms with Crippen molar-refractivity contribution in [3.05, 3.63) is 0 Å². The van der Waals surface area contributed by atoms with Crippen LogP contribution in [0.1, 0.15) is 41.5 Å². The van der Waals surface area contributed by atoms with Crippen molar-refractivity contribution in [2.75, 3.05) is 6.61 Å². The van der Waals surface area contributed by atoms with Gasteiger partial charge in [-0.25, -0.2) is 0 Å². The van der Waals surface area contributed by atoms with Gasteiger partial charge in [-0.1, -0.05) is 13.8 Å². The normalized spacial score (nSPS) is 28.2. The lowest BCUT2D eigenvalue weighted by atomic mass is 9.89. The summed E-state index contributed by atoms with van der Waals surface area (Å²) in [6, 6.07) is 0. The van der Waals surface area contributed by atoms with Crippen molar-refractivity contribution in [2.24, 2.45) is 5.92 Å². The van der Waals surface area contributed by atoms with Gasteiger partial charge in [0.25, 0.3) is 0 Å². The largest absolute Gasteiger partial charge is 0.463 e. The van der Waals surface area contributed by atoms with E-state index in [0.717, 1.165) is 0 Å². The highest BCUT2D eigenvalue weighted by molar-refractivity contribution is 5.68. The topological polar surface area (TPSA) is 114 Å². The van der Waals surface area contributed by atoms with Gasteiger partial charge in [-0.3, -0.25) is 19.2 Å². The average Bonchev–Trinajstić information content (AvgIpc) is 2.47. The fourth-order valence-corrected chi connectivity index (χ4v) is 2.80. The molecule has 0 aliphatic carbocycles. The number of carbonyl (C=O) groups is 4. The Morgan fingerprint density at radius 2 is 1.23 bits per heavy atom. The van der Waals surface area contributed by atoms with Gasteiger partial charge in [0.1, 0.15) is 18.8 Å². The monoisotopic (exact) mass is 374 g/mol. The minimum atomic E-state index is -1.10. The van der Waals surface area contributed by atoms with E-state index in [2.05, 4.69) is 0 Å². The predicted octanol–water partition coefficient (Wildman–Crippen LogP) is 0.768. The second-order valence-electron chi connectivity index (χ2n) is 6.41. The Balaban J connectivity index is 3.27. The highest BCUT2D eigenvalue weighted by Crippen LogP contribution is 2.32. The van der Waals surface area contributed by atoms with Crippen LogP contribution in [0.5, 0.6) is 0 Å². The Kier molecular flexibility index (Phi) is 8.01. The number of hydrogen-bond donors (Lipinski definition) is 0. The van der Waals surface area contributed by atoms with E-state index in [-0.39, 0.29) is 12.5 Å². The first-order valence-corrected chi connectivity index (χ1v) is 8.33. The molecule has 5 atom stereocenters. The smallest absolute Gasteiger partial charge is 0.303 e. The number of esters is 4. The molecule has 1 aliphatic heterocycles. The molecule has 1 fully saturated rings. The highest BCUT2D eigenvalue weighted by Gasteiger charge is 2.52. The van der Waals surface area contributed by atoms with E-state index in [1.165, 1.54) is 27.7 Å². The first-order valence-electron chi connectivity index (χ1n) is 8.33. The Bertz CT molecular complexity index is 542. The molecule has 9 heteroatoms. The molecule has 9 nitrogen and oxygen atoms in total. The molecule has 0 spiro atoms. The van der Waals surface area contributed by atoms with Crippen molar-refractivity contribution >= 4 is 23.9 Å². The van der Waals surface area contributed by atoms with Gasteiger partial charge in [0.2, 0.25) is 0 Å². The molecule has 0 aromatic carbocycles. The minimum absolute atomic E-state index is 0.129. The zero-order valence-corrected chi connectivity index (χ0v) is 15.8. The van der Waals surface area contributed by atoms with Crippen LogP contribution in [-0.4, -0.2) is 61.0 Å². The molecular weight excluding hydrogens is 348 g/mol. The van der Waals surface area contributed by atoms with E-state index >= 15 is 0 Å². The van der Waals surface area contributed by atoms with Gasteiger partial charge >= 0.3 is 23.9 Å². The Hall–Kier alpha value is -2.16. The van der Waals surface area contributed by atoms with Gasteiger partial charge < -0.3 is 23.7 Å². The van der Waals surface area contributed by atoms with Crippen molar-refractivity contribution in [3.8, 4) is 0 Å².